The molecular formula is C7H11NO5. The first kappa shape index (κ1) is 9.94. The molecule has 0 radical (unpaired) electrons. The predicted molar refractivity (Wildman–Crippen MR) is 41.3 cm³/mol. The van der Waals surface area contributed by atoms with Crippen LogP contribution in [0.4, 0.5) is 0 Å². The van der Waals surface area contributed by atoms with E-state index in [9.17, 15) is 9.59 Å². The zero-order valence-electron chi connectivity index (χ0n) is 7.06. The van der Waals surface area contributed by atoms with Crippen molar-refractivity contribution in [3.8, 4) is 0 Å². The van der Waals surface area contributed by atoms with Gasteiger partial charge in [-0.3, -0.25) is 9.59 Å². The van der Waals surface area contributed by atoms with Crippen LogP contribution < -0.4 is 5.32 Å². The minimum atomic E-state index is -1.16. The number of aliphatic carboxylic acids is 2. The van der Waals surface area contributed by atoms with Crippen LogP contribution in [0.1, 0.15) is 0 Å². The number of hydrogen-bond acceptors (Lipinski definition) is 4. The van der Waals surface area contributed by atoms with Gasteiger partial charge in [0.15, 0.2) is 0 Å². The van der Waals surface area contributed by atoms with Crippen molar-refractivity contribution >= 4 is 11.9 Å². The molecule has 0 saturated carbocycles. The molecule has 0 aromatic heterocycles. The largest absolute Gasteiger partial charge is 0.481 e. The predicted octanol–water partition coefficient (Wildman–Crippen LogP) is -1.24. The van der Waals surface area contributed by atoms with Gasteiger partial charge in [0, 0.05) is 13.7 Å². The summed E-state index contributed by atoms with van der Waals surface area (Å²) in [4.78, 5) is 21.3. The number of hydrogen-bond donors (Lipinski definition) is 3. The third-order valence-electron chi connectivity index (χ3n) is 2.15. The number of carbonyl (C=O) groups is 2. The van der Waals surface area contributed by atoms with E-state index in [1.165, 1.54) is 7.11 Å². The average Bonchev–Trinajstić information content (AvgIpc) is 2.46. The van der Waals surface area contributed by atoms with E-state index in [0.29, 0.717) is 0 Å². The van der Waals surface area contributed by atoms with Crippen molar-refractivity contribution in [1.82, 2.24) is 5.32 Å². The Hall–Kier alpha value is -1.14. The quantitative estimate of drug-likeness (QED) is 0.514. The molecule has 0 spiro atoms. The van der Waals surface area contributed by atoms with E-state index >= 15 is 0 Å². The number of rotatable bonds is 3. The molecule has 13 heavy (non-hydrogen) atoms. The molecule has 0 bridgehead atoms. The molecule has 1 aliphatic rings. The van der Waals surface area contributed by atoms with Gasteiger partial charge in [0.2, 0.25) is 0 Å². The van der Waals surface area contributed by atoms with Gasteiger partial charge in [-0.2, -0.15) is 0 Å². The fraction of sp³-hybridized carbons (Fsp3) is 0.714. The van der Waals surface area contributed by atoms with Gasteiger partial charge in [0.25, 0.3) is 0 Å². The molecule has 0 aromatic rings. The Balaban J connectivity index is 2.78. The lowest BCUT2D eigenvalue weighted by Crippen LogP contribution is -2.40. The molecule has 74 valence electrons. The summed E-state index contributed by atoms with van der Waals surface area (Å²) in [6.45, 7) is 0.254. The first-order valence-electron chi connectivity index (χ1n) is 3.79. The van der Waals surface area contributed by atoms with Crippen LogP contribution in [0.2, 0.25) is 0 Å². The molecule has 1 unspecified atom stereocenters. The van der Waals surface area contributed by atoms with Crippen molar-refractivity contribution in [1.29, 1.82) is 0 Å². The SMILES string of the molecule is CO[C@H]1CN[C@@H](C(=O)O)C1C(=O)O. The van der Waals surface area contributed by atoms with Crippen LogP contribution in [-0.4, -0.2) is 48.0 Å². The van der Waals surface area contributed by atoms with Crippen molar-refractivity contribution in [2.75, 3.05) is 13.7 Å². The van der Waals surface area contributed by atoms with Gasteiger partial charge in [-0.15, -0.1) is 0 Å². The topological polar surface area (TPSA) is 95.9 Å². The molecule has 3 atom stereocenters. The smallest absolute Gasteiger partial charge is 0.321 e. The van der Waals surface area contributed by atoms with E-state index in [0.717, 1.165) is 0 Å². The highest BCUT2D eigenvalue weighted by molar-refractivity contribution is 5.84. The van der Waals surface area contributed by atoms with E-state index in [2.05, 4.69) is 5.32 Å². The monoisotopic (exact) mass is 189 g/mol. The zero-order chi connectivity index (χ0) is 10.0. The van der Waals surface area contributed by atoms with Gasteiger partial charge in [0.1, 0.15) is 12.0 Å². The maximum absolute atomic E-state index is 10.7. The highest BCUT2D eigenvalue weighted by Crippen LogP contribution is 2.19. The highest BCUT2D eigenvalue weighted by atomic mass is 16.5. The summed E-state index contributed by atoms with van der Waals surface area (Å²) >= 11 is 0. The molecular weight excluding hydrogens is 178 g/mol. The number of carboxylic acid groups (broad SMARTS) is 2. The Morgan fingerprint density at radius 2 is 2.00 bits per heavy atom. The minimum Gasteiger partial charge on any atom is -0.481 e. The molecule has 1 rings (SSSR count). The Morgan fingerprint density at radius 1 is 1.38 bits per heavy atom. The molecule has 0 aromatic carbocycles. The maximum atomic E-state index is 10.7. The van der Waals surface area contributed by atoms with Crippen LogP contribution in [0.5, 0.6) is 0 Å². The molecule has 1 saturated heterocycles. The number of nitrogens with one attached hydrogen (secondary N) is 1. The molecule has 6 heteroatoms. The van der Waals surface area contributed by atoms with Crippen LogP contribution in [0.25, 0.3) is 0 Å². The van der Waals surface area contributed by atoms with E-state index in [4.69, 9.17) is 14.9 Å². The van der Waals surface area contributed by atoms with E-state index < -0.39 is 30.0 Å². The number of carboxylic acids is 2. The number of ether oxygens (including phenoxy) is 1. The van der Waals surface area contributed by atoms with Crippen LogP contribution in [0.3, 0.4) is 0 Å². The van der Waals surface area contributed by atoms with Gasteiger partial charge in [-0.05, 0) is 0 Å². The van der Waals surface area contributed by atoms with Gasteiger partial charge in [-0.1, -0.05) is 0 Å². The third kappa shape index (κ3) is 1.78. The lowest BCUT2D eigenvalue weighted by molar-refractivity contribution is -0.152. The Labute approximate surface area is 74.5 Å². The Morgan fingerprint density at radius 3 is 2.38 bits per heavy atom. The second-order valence-corrected chi connectivity index (χ2v) is 2.86. The molecule has 6 nitrogen and oxygen atoms in total. The standard InChI is InChI=1S/C7H11NO5/c1-13-3-2-8-5(7(11)12)4(3)6(9)10/h3-5,8H,2H2,1H3,(H,9,10)(H,11,12)/t3-,4?,5+/m0/s1. The summed E-state index contributed by atoms with van der Waals surface area (Å²) in [6.07, 6.45) is -0.571. The second kappa shape index (κ2) is 3.71. The van der Waals surface area contributed by atoms with Gasteiger partial charge in [-0.25, -0.2) is 0 Å². The summed E-state index contributed by atoms with van der Waals surface area (Å²) in [5, 5.41) is 20.0. The van der Waals surface area contributed by atoms with Crippen molar-refractivity contribution in [2.24, 2.45) is 5.92 Å². The van der Waals surface area contributed by atoms with Crippen molar-refractivity contribution in [2.45, 2.75) is 12.1 Å². The summed E-state index contributed by atoms with van der Waals surface area (Å²) < 4.78 is 4.86. The minimum absolute atomic E-state index is 0.254. The lowest BCUT2D eigenvalue weighted by atomic mass is 9.99. The highest BCUT2D eigenvalue weighted by Gasteiger charge is 2.45. The first-order chi connectivity index (χ1) is 6.07. The molecule has 0 amide bonds. The molecule has 1 aliphatic heterocycles. The van der Waals surface area contributed by atoms with E-state index in [1.807, 2.05) is 0 Å². The van der Waals surface area contributed by atoms with E-state index in [1.54, 1.807) is 0 Å². The third-order valence-corrected chi connectivity index (χ3v) is 2.15. The van der Waals surface area contributed by atoms with Crippen LogP contribution in [-0.2, 0) is 14.3 Å². The normalized spacial score (nSPS) is 33.2. The Bertz CT molecular complexity index is 229. The summed E-state index contributed by atoms with van der Waals surface area (Å²) in [7, 11) is 1.37. The average molecular weight is 189 g/mol. The first-order valence-corrected chi connectivity index (χ1v) is 3.79. The van der Waals surface area contributed by atoms with Crippen molar-refractivity contribution in [3.05, 3.63) is 0 Å². The molecule has 1 heterocycles. The fourth-order valence-corrected chi connectivity index (χ4v) is 1.48. The van der Waals surface area contributed by atoms with E-state index in [-0.39, 0.29) is 6.54 Å². The second-order valence-electron chi connectivity index (χ2n) is 2.86. The molecule has 1 fully saturated rings. The number of methoxy groups -OCH3 is 1. The summed E-state index contributed by atoms with van der Waals surface area (Å²) in [5.74, 6) is -3.32. The molecule has 0 aliphatic carbocycles. The maximum Gasteiger partial charge on any atom is 0.321 e. The van der Waals surface area contributed by atoms with Crippen LogP contribution in [0, 0.1) is 5.92 Å². The summed E-state index contributed by atoms with van der Waals surface area (Å²) in [6, 6.07) is -1.05. The van der Waals surface area contributed by atoms with Crippen LogP contribution in [0.15, 0.2) is 0 Å². The van der Waals surface area contributed by atoms with Gasteiger partial charge < -0.3 is 20.3 Å². The zero-order valence-corrected chi connectivity index (χ0v) is 7.06. The lowest BCUT2D eigenvalue weighted by Gasteiger charge is -2.15. The Kier molecular flexibility index (Phi) is 2.84. The van der Waals surface area contributed by atoms with Crippen molar-refractivity contribution in [3.63, 3.8) is 0 Å². The van der Waals surface area contributed by atoms with Crippen LogP contribution >= 0.6 is 0 Å². The van der Waals surface area contributed by atoms with Gasteiger partial charge >= 0.3 is 11.9 Å². The van der Waals surface area contributed by atoms with Gasteiger partial charge in [0.05, 0.1) is 6.10 Å². The molecule has 3 N–H and O–H groups in total. The van der Waals surface area contributed by atoms with Crippen molar-refractivity contribution < 1.29 is 24.5 Å². The fourth-order valence-electron chi connectivity index (χ4n) is 1.48. The summed E-state index contributed by atoms with van der Waals surface area (Å²) in [5.41, 5.74) is 0.